The summed E-state index contributed by atoms with van der Waals surface area (Å²) in [4.78, 5) is 15.7. The smallest absolute Gasteiger partial charge is 0.164 e. The molecule has 0 N–H and O–H groups in total. The van der Waals surface area contributed by atoms with Gasteiger partial charge in [0, 0.05) is 49.1 Å². The molecule has 6 nitrogen and oxygen atoms in total. The number of para-hydroxylation sites is 1. The van der Waals surface area contributed by atoms with Crippen LogP contribution in [0.4, 0.5) is 0 Å². The Bertz CT molecular complexity index is 4060. The molecular formula is C51H42B10N4O2. The van der Waals surface area contributed by atoms with Crippen molar-refractivity contribution in [3.63, 3.8) is 0 Å². The number of furan rings is 2. The quantitative estimate of drug-likeness (QED) is 0.166. The van der Waals surface area contributed by atoms with Crippen LogP contribution in [0.25, 0.3) is 111 Å². The molecule has 0 bridgehead atoms. The molecule has 16 heteroatoms. The van der Waals surface area contributed by atoms with Crippen LogP contribution in [-0.2, 0) is 0 Å². The minimum atomic E-state index is 0.601. The van der Waals surface area contributed by atoms with Gasteiger partial charge in [-0.15, -0.1) is 10.9 Å². The van der Waals surface area contributed by atoms with Crippen molar-refractivity contribution in [2.75, 3.05) is 0 Å². The molecule has 0 saturated heterocycles. The molecular weight excluding hydrogens is 809 g/mol. The van der Waals surface area contributed by atoms with Crippen molar-refractivity contribution in [3.8, 4) is 39.6 Å². The number of hydrogen-bond donors (Lipinski definition) is 0. The van der Waals surface area contributed by atoms with Crippen molar-refractivity contribution in [3.05, 3.63) is 115 Å². The number of hydrogen-bond acceptors (Lipinski definition) is 5. The average molecular weight is 851 g/mol. The van der Waals surface area contributed by atoms with E-state index < -0.39 is 0 Å². The van der Waals surface area contributed by atoms with Gasteiger partial charge >= 0.3 is 0 Å². The standard InChI is InChI=1S/C51H42B10N4O2/c52-34-31-30-35(53)38(56)40(58)42(60)44(30)65(45(31)48-33(36(34)54)32-37(55)39(57)41(59)43(61)47(32)67-48)27-18-8-16-25-29-26(17-9-19-28(29)66-46(25)27)51-63-49(22-12-5-2-6-13-22)62-50(64-51)24-15-7-14-23(20-24)21-10-3-1-4-11-21/h1,3-5,7-20H,2,6,52-61H2. The second-order valence-corrected chi connectivity index (χ2v) is 18.9. The minimum Gasteiger partial charge on any atom is -0.454 e. The van der Waals surface area contributed by atoms with E-state index in [-0.39, 0.29) is 0 Å². The fourth-order valence-electron chi connectivity index (χ4n) is 11.1. The Morgan fingerprint density at radius 3 is 1.82 bits per heavy atom. The number of rotatable bonds is 5. The summed E-state index contributed by atoms with van der Waals surface area (Å²) in [5.41, 5.74) is 24.5. The highest BCUT2D eigenvalue weighted by Gasteiger charge is 2.29. The predicted molar refractivity (Wildman–Crippen MR) is 313 cm³/mol. The van der Waals surface area contributed by atoms with Gasteiger partial charge in [-0.05, 0) is 47.6 Å². The zero-order chi connectivity index (χ0) is 46.2. The summed E-state index contributed by atoms with van der Waals surface area (Å²) in [7, 11) is 22.6. The van der Waals surface area contributed by atoms with Crippen LogP contribution in [0.15, 0.2) is 118 Å². The lowest BCUT2D eigenvalue weighted by Crippen LogP contribution is -2.48. The molecule has 308 valence electrons. The molecule has 0 fully saturated rings. The Labute approximate surface area is 398 Å². The normalized spacial score (nSPS) is 13.0. The molecule has 4 heterocycles. The molecule has 0 aliphatic heterocycles. The molecule has 7 aromatic carbocycles. The van der Waals surface area contributed by atoms with E-state index in [4.69, 9.17) is 23.8 Å². The highest BCUT2D eigenvalue weighted by molar-refractivity contribution is 6.71. The second kappa shape index (κ2) is 15.3. The van der Waals surface area contributed by atoms with Crippen LogP contribution in [0.3, 0.4) is 0 Å². The molecule has 0 spiro atoms. The van der Waals surface area contributed by atoms with Crippen molar-refractivity contribution in [2.45, 2.75) is 12.8 Å². The third kappa shape index (κ3) is 6.00. The summed E-state index contributed by atoms with van der Waals surface area (Å²) in [6.45, 7) is 0. The van der Waals surface area contributed by atoms with E-state index in [9.17, 15) is 0 Å². The van der Waals surface area contributed by atoms with Gasteiger partial charge in [-0.2, -0.15) is 0 Å². The zero-order valence-corrected chi connectivity index (χ0v) is 39.9. The molecule has 0 amide bonds. The first-order chi connectivity index (χ1) is 32.4. The number of allylic oxidation sites excluding steroid dienone is 4. The predicted octanol–water partition coefficient (Wildman–Crippen LogP) is -3.91. The van der Waals surface area contributed by atoms with Gasteiger partial charge in [0.25, 0.3) is 0 Å². The first kappa shape index (κ1) is 41.5. The van der Waals surface area contributed by atoms with E-state index in [0.29, 0.717) is 17.5 Å². The van der Waals surface area contributed by atoms with Gasteiger partial charge in [0.05, 0.1) is 11.2 Å². The van der Waals surface area contributed by atoms with E-state index >= 15 is 0 Å². The molecule has 1 aliphatic rings. The molecule has 0 atom stereocenters. The van der Waals surface area contributed by atoms with Gasteiger partial charge in [0.15, 0.2) is 28.6 Å². The van der Waals surface area contributed by atoms with Gasteiger partial charge in [-0.25, -0.2) is 15.0 Å². The van der Waals surface area contributed by atoms with E-state index in [1.54, 1.807) is 0 Å². The molecule has 12 rings (SSSR count). The highest BCUT2D eigenvalue weighted by Crippen LogP contribution is 2.42. The lowest BCUT2D eigenvalue weighted by Gasteiger charge is -2.16. The Morgan fingerprint density at radius 2 is 1.04 bits per heavy atom. The number of benzene rings is 7. The Hall–Kier alpha value is -6.92. The topological polar surface area (TPSA) is 69.9 Å². The Balaban J connectivity index is 1.17. The fourth-order valence-corrected chi connectivity index (χ4v) is 11.1. The zero-order valence-electron chi connectivity index (χ0n) is 39.9. The summed E-state index contributed by atoms with van der Waals surface area (Å²) in [5, 5.41) is 6.85. The molecule has 0 saturated carbocycles. The van der Waals surface area contributed by atoms with E-state index in [0.717, 1.165) is 85.0 Å². The summed E-state index contributed by atoms with van der Waals surface area (Å²) in [6.07, 6.45) is 8.51. The fraction of sp³-hybridized carbons (Fsp3) is 0.0392. The van der Waals surface area contributed by atoms with Crippen molar-refractivity contribution >= 4 is 204 Å². The molecule has 4 aromatic heterocycles. The molecule has 0 radical (unpaired) electrons. The summed E-state index contributed by atoms with van der Waals surface area (Å²) < 4.78 is 16.9. The van der Waals surface area contributed by atoms with Crippen molar-refractivity contribution in [1.29, 1.82) is 0 Å². The summed E-state index contributed by atoms with van der Waals surface area (Å²) >= 11 is 0. The van der Waals surface area contributed by atoms with Crippen molar-refractivity contribution < 1.29 is 8.83 Å². The van der Waals surface area contributed by atoms with Gasteiger partial charge in [0.1, 0.15) is 89.6 Å². The molecule has 11 aromatic rings. The van der Waals surface area contributed by atoms with E-state index in [1.807, 2.05) is 6.07 Å². The van der Waals surface area contributed by atoms with Gasteiger partial charge in [-0.1, -0.05) is 135 Å². The molecule has 0 unspecified atom stereocenters. The maximum atomic E-state index is 7.29. The number of nitrogens with zero attached hydrogens (tertiary/aromatic N) is 4. The van der Waals surface area contributed by atoms with Gasteiger partial charge in [-0.3, -0.25) is 0 Å². The minimum absolute atomic E-state index is 0.601. The monoisotopic (exact) mass is 852 g/mol. The largest absolute Gasteiger partial charge is 0.454 e. The first-order valence-electron chi connectivity index (χ1n) is 23.5. The second-order valence-electron chi connectivity index (χ2n) is 18.9. The maximum Gasteiger partial charge on any atom is 0.164 e. The average Bonchev–Trinajstić information content (AvgIpc) is 4.07. The highest BCUT2D eigenvalue weighted by atomic mass is 16.3. The van der Waals surface area contributed by atoms with Gasteiger partial charge < -0.3 is 13.4 Å². The van der Waals surface area contributed by atoms with Crippen LogP contribution in [0.5, 0.6) is 0 Å². The van der Waals surface area contributed by atoms with Crippen LogP contribution < -0.4 is 54.6 Å². The third-order valence-corrected chi connectivity index (χ3v) is 15.5. The van der Waals surface area contributed by atoms with Crippen molar-refractivity contribution in [1.82, 2.24) is 19.5 Å². The van der Waals surface area contributed by atoms with E-state index in [1.165, 1.54) is 81.7 Å². The molecule has 67 heavy (non-hydrogen) atoms. The Kier molecular flexibility index (Phi) is 9.49. The maximum absolute atomic E-state index is 7.29. The van der Waals surface area contributed by atoms with Crippen LogP contribution in [0.2, 0.25) is 0 Å². The van der Waals surface area contributed by atoms with Crippen molar-refractivity contribution in [2.24, 2.45) is 0 Å². The van der Waals surface area contributed by atoms with Crippen LogP contribution in [0, 0.1) is 0 Å². The van der Waals surface area contributed by atoms with Gasteiger partial charge in [0.2, 0.25) is 0 Å². The SMILES string of the molecule is Bc1c(B)c(B)c2c(oc3c2c(B)c(B)c2c4c(B)c(B)c(B)c(B)c4n(-c4cccc5c4oc4cccc(-c6nc(C7=CCCC=C7)nc(-c7cccc(-c8ccccc8)c7)n6)c45)c32)c1B. The van der Waals surface area contributed by atoms with E-state index in [2.05, 4.69) is 186 Å². The Morgan fingerprint density at radius 1 is 0.433 bits per heavy atom. The van der Waals surface area contributed by atoms with Crippen LogP contribution in [-0.4, -0.2) is 98.0 Å². The van der Waals surface area contributed by atoms with Crippen LogP contribution >= 0.6 is 0 Å². The summed E-state index contributed by atoms with van der Waals surface area (Å²) in [5.74, 6) is 1.88. The lowest BCUT2D eigenvalue weighted by atomic mass is 9.64. The third-order valence-electron chi connectivity index (χ3n) is 15.5. The first-order valence-corrected chi connectivity index (χ1v) is 23.5. The number of aromatic nitrogens is 4. The number of fused-ring (bicyclic) bond motifs is 10. The van der Waals surface area contributed by atoms with Crippen LogP contribution in [0.1, 0.15) is 18.7 Å². The summed E-state index contributed by atoms with van der Waals surface area (Å²) in [6, 6.07) is 31.7. The lowest BCUT2D eigenvalue weighted by molar-refractivity contribution is 0.665. The molecule has 1 aliphatic carbocycles.